The van der Waals surface area contributed by atoms with Gasteiger partial charge in [0.25, 0.3) is 0 Å². The SMILES string of the molecule is CCCC(=O)CC(=O)CC(=O)C(=O)O. The first-order valence-electron chi connectivity index (χ1n) is 4.26. The van der Waals surface area contributed by atoms with Gasteiger partial charge in [-0.25, -0.2) is 4.79 Å². The minimum Gasteiger partial charge on any atom is -0.475 e. The molecule has 5 nitrogen and oxygen atoms in total. The Hall–Kier alpha value is -1.52. The number of carboxylic acids is 1. The highest BCUT2D eigenvalue weighted by Gasteiger charge is 2.18. The number of carboxylic acid groups (broad SMARTS) is 1. The maximum absolute atomic E-state index is 10.9. The van der Waals surface area contributed by atoms with Crippen LogP contribution >= 0.6 is 0 Å². The zero-order valence-corrected chi connectivity index (χ0v) is 7.91. The molecule has 0 spiro atoms. The van der Waals surface area contributed by atoms with Crippen LogP contribution in [-0.2, 0) is 19.2 Å². The fourth-order valence-electron chi connectivity index (χ4n) is 0.904. The molecule has 0 aromatic rings. The van der Waals surface area contributed by atoms with E-state index in [1.165, 1.54) is 0 Å². The molecule has 0 amide bonds. The van der Waals surface area contributed by atoms with Crippen LogP contribution in [0.15, 0.2) is 0 Å². The second-order valence-corrected chi connectivity index (χ2v) is 2.91. The first-order valence-corrected chi connectivity index (χ1v) is 4.26. The van der Waals surface area contributed by atoms with Crippen molar-refractivity contribution in [3.63, 3.8) is 0 Å². The van der Waals surface area contributed by atoms with Gasteiger partial charge in [-0.2, -0.15) is 0 Å². The van der Waals surface area contributed by atoms with Crippen LogP contribution in [0.5, 0.6) is 0 Å². The predicted molar refractivity (Wildman–Crippen MR) is 46.8 cm³/mol. The molecule has 0 aliphatic heterocycles. The van der Waals surface area contributed by atoms with Gasteiger partial charge >= 0.3 is 5.97 Å². The lowest BCUT2D eigenvalue weighted by Gasteiger charge is -1.96. The summed E-state index contributed by atoms with van der Waals surface area (Å²) in [5.41, 5.74) is 0. The van der Waals surface area contributed by atoms with E-state index in [4.69, 9.17) is 5.11 Å². The summed E-state index contributed by atoms with van der Waals surface area (Å²) in [6.07, 6.45) is -0.108. The maximum Gasteiger partial charge on any atom is 0.372 e. The molecular formula is C9H12O5. The van der Waals surface area contributed by atoms with Crippen LogP contribution in [0.1, 0.15) is 32.6 Å². The first kappa shape index (κ1) is 12.5. The summed E-state index contributed by atoms with van der Waals surface area (Å²) in [5, 5.41) is 8.18. The van der Waals surface area contributed by atoms with E-state index in [-0.39, 0.29) is 18.6 Å². The Morgan fingerprint density at radius 1 is 1.00 bits per heavy atom. The van der Waals surface area contributed by atoms with Crippen molar-refractivity contribution in [2.75, 3.05) is 0 Å². The van der Waals surface area contributed by atoms with E-state index in [2.05, 4.69) is 0 Å². The van der Waals surface area contributed by atoms with Crippen molar-refractivity contribution in [3.05, 3.63) is 0 Å². The Morgan fingerprint density at radius 3 is 2.00 bits per heavy atom. The van der Waals surface area contributed by atoms with E-state index in [1.54, 1.807) is 6.92 Å². The molecule has 0 fully saturated rings. The summed E-state index contributed by atoms with van der Waals surface area (Å²) in [5.74, 6) is -3.69. The summed E-state index contributed by atoms with van der Waals surface area (Å²) in [6.45, 7) is 1.80. The fraction of sp³-hybridized carbons (Fsp3) is 0.556. The van der Waals surface area contributed by atoms with E-state index in [1.807, 2.05) is 0 Å². The molecule has 78 valence electrons. The number of hydrogen-bond donors (Lipinski definition) is 1. The minimum atomic E-state index is -1.64. The Labute approximate surface area is 81.1 Å². The first-order chi connectivity index (χ1) is 6.47. The van der Waals surface area contributed by atoms with Crippen molar-refractivity contribution >= 4 is 23.3 Å². The third kappa shape index (κ3) is 5.18. The standard InChI is InChI=1S/C9H12O5/c1-2-3-6(10)4-7(11)5-8(12)9(13)14/h2-5H2,1H3,(H,13,14). The van der Waals surface area contributed by atoms with Gasteiger partial charge in [0.05, 0.1) is 12.8 Å². The lowest BCUT2D eigenvalue weighted by molar-refractivity contribution is -0.150. The molecule has 5 heteroatoms. The zero-order valence-electron chi connectivity index (χ0n) is 7.91. The number of carbonyl (C=O) groups is 4. The van der Waals surface area contributed by atoms with E-state index in [0.717, 1.165) is 0 Å². The third-order valence-electron chi connectivity index (χ3n) is 1.52. The molecule has 0 saturated heterocycles. The molecule has 0 saturated carbocycles. The normalized spacial score (nSPS) is 9.50. The number of aliphatic carboxylic acids is 1. The van der Waals surface area contributed by atoms with E-state index in [9.17, 15) is 19.2 Å². The lowest BCUT2D eigenvalue weighted by Crippen LogP contribution is -2.18. The zero-order chi connectivity index (χ0) is 11.1. The van der Waals surface area contributed by atoms with Crippen LogP contribution in [-0.4, -0.2) is 28.4 Å². The Bertz CT molecular complexity index is 266. The van der Waals surface area contributed by atoms with E-state index in [0.29, 0.717) is 6.42 Å². The number of ketones is 3. The summed E-state index contributed by atoms with van der Waals surface area (Å²) >= 11 is 0. The monoisotopic (exact) mass is 200 g/mol. The summed E-state index contributed by atoms with van der Waals surface area (Å²) in [6, 6.07) is 0. The van der Waals surface area contributed by atoms with Crippen LogP contribution < -0.4 is 0 Å². The van der Waals surface area contributed by atoms with Crippen molar-refractivity contribution in [1.82, 2.24) is 0 Å². The van der Waals surface area contributed by atoms with Gasteiger partial charge in [-0.1, -0.05) is 6.92 Å². The van der Waals surface area contributed by atoms with Crippen molar-refractivity contribution in [3.8, 4) is 0 Å². The Morgan fingerprint density at radius 2 is 1.57 bits per heavy atom. The van der Waals surface area contributed by atoms with E-state index < -0.39 is 24.0 Å². The van der Waals surface area contributed by atoms with Crippen LogP contribution in [0.2, 0.25) is 0 Å². The molecule has 0 rings (SSSR count). The molecule has 0 heterocycles. The highest BCUT2D eigenvalue weighted by Crippen LogP contribution is 1.98. The second-order valence-electron chi connectivity index (χ2n) is 2.91. The molecule has 0 bridgehead atoms. The predicted octanol–water partition coefficient (Wildman–Crippen LogP) is 0.359. The van der Waals surface area contributed by atoms with Gasteiger partial charge in [0, 0.05) is 6.42 Å². The second kappa shape index (κ2) is 6.01. The molecule has 14 heavy (non-hydrogen) atoms. The molecule has 0 aromatic carbocycles. The van der Waals surface area contributed by atoms with Gasteiger partial charge in [-0.05, 0) is 6.42 Å². The molecule has 1 N–H and O–H groups in total. The largest absolute Gasteiger partial charge is 0.475 e. The lowest BCUT2D eigenvalue weighted by atomic mass is 10.1. The van der Waals surface area contributed by atoms with Crippen LogP contribution in [0.25, 0.3) is 0 Å². The Balaban J connectivity index is 3.93. The number of carbonyl (C=O) groups excluding carboxylic acids is 3. The van der Waals surface area contributed by atoms with Crippen LogP contribution in [0, 0.1) is 0 Å². The molecule has 0 aliphatic rings. The molecule has 0 atom stereocenters. The van der Waals surface area contributed by atoms with Gasteiger partial charge in [0.1, 0.15) is 11.6 Å². The fourth-order valence-corrected chi connectivity index (χ4v) is 0.904. The molecule has 0 aliphatic carbocycles. The summed E-state index contributed by atoms with van der Waals surface area (Å²) < 4.78 is 0. The quantitative estimate of drug-likeness (QED) is 0.473. The molecule has 0 unspecified atom stereocenters. The average molecular weight is 200 g/mol. The highest BCUT2D eigenvalue weighted by atomic mass is 16.4. The van der Waals surface area contributed by atoms with Crippen LogP contribution in [0.3, 0.4) is 0 Å². The molecular weight excluding hydrogens is 188 g/mol. The van der Waals surface area contributed by atoms with Crippen LogP contribution in [0.4, 0.5) is 0 Å². The highest BCUT2D eigenvalue weighted by molar-refractivity contribution is 6.36. The van der Waals surface area contributed by atoms with Crippen molar-refractivity contribution in [1.29, 1.82) is 0 Å². The maximum atomic E-state index is 10.9. The smallest absolute Gasteiger partial charge is 0.372 e. The van der Waals surface area contributed by atoms with Crippen molar-refractivity contribution in [2.24, 2.45) is 0 Å². The van der Waals surface area contributed by atoms with Gasteiger partial charge in [-0.15, -0.1) is 0 Å². The molecule has 0 aromatic heterocycles. The van der Waals surface area contributed by atoms with Crippen molar-refractivity contribution < 1.29 is 24.3 Å². The van der Waals surface area contributed by atoms with Gasteiger partial charge in [0.2, 0.25) is 5.78 Å². The molecule has 0 radical (unpaired) electrons. The minimum absolute atomic E-state index is 0.254. The topological polar surface area (TPSA) is 88.5 Å². The van der Waals surface area contributed by atoms with Gasteiger partial charge < -0.3 is 5.11 Å². The number of rotatable bonds is 7. The van der Waals surface area contributed by atoms with E-state index >= 15 is 0 Å². The van der Waals surface area contributed by atoms with Gasteiger partial charge in [0.15, 0.2) is 0 Å². The number of Topliss-reactive ketones (excluding diaryl/α,β-unsaturated/α-hetero) is 3. The third-order valence-corrected chi connectivity index (χ3v) is 1.52. The summed E-state index contributed by atoms with van der Waals surface area (Å²) in [4.78, 5) is 42.5. The Kier molecular flexibility index (Phi) is 5.36. The number of hydrogen-bond acceptors (Lipinski definition) is 4. The van der Waals surface area contributed by atoms with Gasteiger partial charge in [-0.3, -0.25) is 14.4 Å². The summed E-state index contributed by atoms with van der Waals surface area (Å²) in [7, 11) is 0. The van der Waals surface area contributed by atoms with Crippen molar-refractivity contribution in [2.45, 2.75) is 32.6 Å². The average Bonchev–Trinajstić information content (AvgIpc) is 2.03.